The molecule has 28 heavy (non-hydrogen) atoms. The van der Waals surface area contributed by atoms with Gasteiger partial charge in [0, 0.05) is 17.6 Å². The summed E-state index contributed by atoms with van der Waals surface area (Å²) in [6.07, 6.45) is 0.918. The van der Waals surface area contributed by atoms with Gasteiger partial charge in [0.1, 0.15) is 0 Å². The number of nitrogens with zero attached hydrogens (tertiary/aromatic N) is 3. The van der Waals surface area contributed by atoms with Crippen molar-refractivity contribution in [3.05, 3.63) is 65.2 Å². The van der Waals surface area contributed by atoms with Gasteiger partial charge in [0.25, 0.3) is 0 Å². The second-order valence-electron chi connectivity index (χ2n) is 7.84. The van der Waals surface area contributed by atoms with E-state index in [9.17, 15) is 4.79 Å². The SMILES string of the molecule is Cc1ccc(CNC(=O)CSc2nnc3n2C(C)(C)Cc2ccccc2-3)cc1. The van der Waals surface area contributed by atoms with E-state index in [1.165, 1.54) is 22.9 Å². The first kappa shape index (κ1) is 18.7. The molecule has 3 aromatic rings. The zero-order valence-corrected chi connectivity index (χ0v) is 17.2. The number of hydrogen-bond donors (Lipinski definition) is 1. The molecular formula is C22H24N4OS. The van der Waals surface area contributed by atoms with Crippen molar-refractivity contribution < 1.29 is 4.79 Å². The summed E-state index contributed by atoms with van der Waals surface area (Å²) in [6.45, 7) is 6.98. The Bertz CT molecular complexity index is 1010. The monoisotopic (exact) mass is 392 g/mol. The van der Waals surface area contributed by atoms with Crippen molar-refractivity contribution in [1.29, 1.82) is 0 Å². The molecule has 6 heteroatoms. The zero-order valence-electron chi connectivity index (χ0n) is 16.4. The molecule has 0 bridgehead atoms. The van der Waals surface area contributed by atoms with E-state index in [1.54, 1.807) is 0 Å². The van der Waals surface area contributed by atoms with Crippen LogP contribution in [0.2, 0.25) is 0 Å². The van der Waals surface area contributed by atoms with Gasteiger partial charge in [0.2, 0.25) is 5.91 Å². The smallest absolute Gasteiger partial charge is 0.230 e. The highest BCUT2D eigenvalue weighted by Gasteiger charge is 2.34. The van der Waals surface area contributed by atoms with Gasteiger partial charge in [-0.15, -0.1) is 10.2 Å². The molecule has 1 aromatic heterocycles. The van der Waals surface area contributed by atoms with Crippen LogP contribution < -0.4 is 5.32 Å². The van der Waals surface area contributed by atoms with Crippen LogP contribution in [0.1, 0.15) is 30.5 Å². The average molecular weight is 393 g/mol. The summed E-state index contributed by atoms with van der Waals surface area (Å²) >= 11 is 1.44. The number of fused-ring (bicyclic) bond motifs is 3. The van der Waals surface area contributed by atoms with Crippen molar-refractivity contribution >= 4 is 17.7 Å². The Morgan fingerprint density at radius 1 is 1.14 bits per heavy atom. The highest BCUT2D eigenvalue weighted by atomic mass is 32.2. The first-order chi connectivity index (χ1) is 13.4. The average Bonchev–Trinajstić information content (AvgIpc) is 3.11. The quantitative estimate of drug-likeness (QED) is 0.668. The van der Waals surface area contributed by atoms with Crippen molar-refractivity contribution in [2.24, 2.45) is 0 Å². The van der Waals surface area contributed by atoms with E-state index in [0.29, 0.717) is 12.3 Å². The lowest BCUT2D eigenvalue weighted by molar-refractivity contribution is -0.118. The molecule has 0 fully saturated rings. The number of thioether (sulfide) groups is 1. The summed E-state index contributed by atoms with van der Waals surface area (Å²) < 4.78 is 2.17. The number of carbonyl (C=O) groups excluding carboxylic acids is 1. The Hall–Kier alpha value is -2.60. The van der Waals surface area contributed by atoms with E-state index in [-0.39, 0.29) is 11.4 Å². The van der Waals surface area contributed by atoms with Crippen LogP contribution in [0.4, 0.5) is 0 Å². The lowest BCUT2D eigenvalue weighted by Crippen LogP contribution is -2.34. The number of benzene rings is 2. The fraction of sp³-hybridized carbons (Fsp3) is 0.318. The van der Waals surface area contributed by atoms with Crippen molar-refractivity contribution in [1.82, 2.24) is 20.1 Å². The molecule has 4 rings (SSSR count). The Balaban J connectivity index is 1.45. The minimum Gasteiger partial charge on any atom is -0.351 e. The molecular weight excluding hydrogens is 368 g/mol. The molecule has 144 valence electrons. The lowest BCUT2D eigenvalue weighted by Gasteiger charge is -2.34. The first-order valence-electron chi connectivity index (χ1n) is 9.43. The Morgan fingerprint density at radius 2 is 1.89 bits per heavy atom. The minimum atomic E-state index is -0.131. The van der Waals surface area contributed by atoms with Gasteiger partial charge in [-0.05, 0) is 38.3 Å². The molecule has 5 nitrogen and oxygen atoms in total. The lowest BCUT2D eigenvalue weighted by atomic mass is 9.87. The maximum absolute atomic E-state index is 12.3. The fourth-order valence-corrected chi connectivity index (χ4v) is 4.53. The molecule has 1 aliphatic heterocycles. The highest BCUT2D eigenvalue weighted by Crippen LogP contribution is 2.39. The van der Waals surface area contributed by atoms with Crippen LogP contribution in [0.5, 0.6) is 0 Å². The van der Waals surface area contributed by atoms with Crippen molar-refractivity contribution in [2.45, 2.75) is 44.4 Å². The van der Waals surface area contributed by atoms with Gasteiger partial charge in [-0.3, -0.25) is 9.36 Å². The fourth-order valence-electron chi connectivity index (χ4n) is 3.61. The number of aryl methyl sites for hydroxylation is 1. The van der Waals surface area contributed by atoms with Gasteiger partial charge in [-0.2, -0.15) is 0 Å². The Morgan fingerprint density at radius 3 is 2.68 bits per heavy atom. The van der Waals surface area contributed by atoms with Crippen LogP contribution in [0.15, 0.2) is 53.7 Å². The molecule has 1 aliphatic rings. The first-order valence-corrected chi connectivity index (χ1v) is 10.4. The summed E-state index contributed by atoms with van der Waals surface area (Å²) in [6, 6.07) is 16.5. The van der Waals surface area contributed by atoms with E-state index < -0.39 is 0 Å². The molecule has 0 saturated carbocycles. The van der Waals surface area contributed by atoms with E-state index in [1.807, 2.05) is 18.2 Å². The Kier molecular flexibility index (Phi) is 4.98. The molecule has 1 N–H and O–H groups in total. The van der Waals surface area contributed by atoms with Gasteiger partial charge in [0.15, 0.2) is 11.0 Å². The molecule has 1 amide bonds. The highest BCUT2D eigenvalue weighted by molar-refractivity contribution is 7.99. The summed E-state index contributed by atoms with van der Waals surface area (Å²) in [5.41, 5.74) is 4.60. The number of nitrogens with one attached hydrogen (secondary N) is 1. The topological polar surface area (TPSA) is 59.8 Å². The maximum Gasteiger partial charge on any atom is 0.230 e. The summed E-state index contributed by atoms with van der Waals surface area (Å²) in [4.78, 5) is 12.3. The van der Waals surface area contributed by atoms with Gasteiger partial charge >= 0.3 is 0 Å². The third-order valence-electron chi connectivity index (χ3n) is 5.06. The van der Waals surface area contributed by atoms with E-state index in [4.69, 9.17) is 0 Å². The number of hydrogen-bond acceptors (Lipinski definition) is 4. The number of rotatable bonds is 5. The summed E-state index contributed by atoms with van der Waals surface area (Å²) in [7, 11) is 0. The van der Waals surface area contributed by atoms with Crippen LogP contribution in [0, 0.1) is 6.92 Å². The molecule has 0 atom stereocenters. The third kappa shape index (κ3) is 3.69. The molecule has 0 spiro atoms. The standard InChI is InChI=1S/C22H24N4OS/c1-15-8-10-16(11-9-15)13-23-19(27)14-28-21-25-24-20-18-7-5-4-6-17(18)12-22(2,3)26(20)21/h4-11H,12-14H2,1-3H3,(H,23,27). The van der Waals surface area contributed by atoms with Crippen molar-refractivity contribution in [3.63, 3.8) is 0 Å². The van der Waals surface area contributed by atoms with Crippen molar-refractivity contribution in [3.8, 4) is 11.4 Å². The van der Waals surface area contributed by atoms with Crippen LogP contribution in [0.3, 0.4) is 0 Å². The maximum atomic E-state index is 12.3. The minimum absolute atomic E-state index is 0.00283. The Labute approximate surface area is 169 Å². The number of aromatic nitrogens is 3. The van der Waals surface area contributed by atoms with Crippen molar-refractivity contribution in [2.75, 3.05) is 5.75 Å². The molecule has 0 saturated heterocycles. The van der Waals surface area contributed by atoms with Gasteiger partial charge in [-0.1, -0.05) is 65.9 Å². The third-order valence-corrected chi connectivity index (χ3v) is 5.99. The van der Waals surface area contributed by atoms with E-state index in [0.717, 1.165) is 28.5 Å². The largest absolute Gasteiger partial charge is 0.351 e. The van der Waals surface area contributed by atoms with Gasteiger partial charge in [-0.25, -0.2) is 0 Å². The van der Waals surface area contributed by atoms with Crippen LogP contribution in [-0.2, 0) is 23.3 Å². The molecule has 2 aromatic carbocycles. The van der Waals surface area contributed by atoms with E-state index in [2.05, 4.69) is 71.2 Å². The van der Waals surface area contributed by atoms with Crippen LogP contribution in [-0.4, -0.2) is 26.4 Å². The zero-order chi connectivity index (χ0) is 19.7. The van der Waals surface area contributed by atoms with Gasteiger partial charge in [0.05, 0.1) is 5.75 Å². The molecule has 0 radical (unpaired) electrons. The second kappa shape index (κ2) is 7.43. The van der Waals surface area contributed by atoms with Crippen LogP contribution >= 0.6 is 11.8 Å². The molecule has 2 heterocycles. The normalized spacial score (nSPS) is 14.2. The predicted molar refractivity (Wildman–Crippen MR) is 112 cm³/mol. The van der Waals surface area contributed by atoms with E-state index >= 15 is 0 Å². The second-order valence-corrected chi connectivity index (χ2v) is 8.78. The summed E-state index contributed by atoms with van der Waals surface area (Å²) in [5, 5.41) is 12.6. The number of carbonyl (C=O) groups is 1. The van der Waals surface area contributed by atoms with Gasteiger partial charge < -0.3 is 5.32 Å². The summed E-state index contributed by atoms with van der Waals surface area (Å²) in [5.74, 6) is 1.20. The molecule has 0 aliphatic carbocycles. The van der Waals surface area contributed by atoms with Crippen LogP contribution in [0.25, 0.3) is 11.4 Å². The molecule has 0 unspecified atom stereocenters. The predicted octanol–water partition coefficient (Wildman–Crippen LogP) is 3.95. The number of amides is 1.